The highest BCUT2D eigenvalue weighted by atomic mass is 32.2. The molecule has 0 saturated heterocycles. The van der Waals surface area contributed by atoms with Gasteiger partial charge in [0, 0.05) is 12.6 Å². The summed E-state index contributed by atoms with van der Waals surface area (Å²) >= 11 is 0. The molecule has 0 fully saturated rings. The van der Waals surface area contributed by atoms with Crippen molar-refractivity contribution < 1.29 is 8.42 Å². The molecule has 0 heterocycles. The zero-order valence-electron chi connectivity index (χ0n) is 8.90. The summed E-state index contributed by atoms with van der Waals surface area (Å²) in [4.78, 5) is 0.272. The predicted molar refractivity (Wildman–Crippen MR) is 59.9 cm³/mol. The van der Waals surface area contributed by atoms with E-state index in [2.05, 4.69) is 4.72 Å². The zero-order chi connectivity index (χ0) is 11.5. The smallest absolute Gasteiger partial charge is 0.240 e. The van der Waals surface area contributed by atoms with Crippen molar-refractivity contribution in [3.8, 4) is 0 Å². The summed E-state index contributed by atoms with van der Waals surface area (Å²) in [5.74, 6) is 0. The van der Waals surface area contributed by atoms with Crippen molar-refractivity contribution in [2.45, 2.75) is 24.8 Å². The lowest BCUT2D eigenvalue weighted by Gasteiger charge is -2.07. The van der Waals surface area contributed by atoms with Crippen LogP contribution in [0.15, 0.2) is 29.2 Å². The van der Waals surface area contributed by atoms with E-state index in [9.17, 15) is 8.42 Å². The van der Waals surface area contributed by atoms with Gasteiger partial charge < -0.3 is 5.73 Å². The minimum absolute atomic E-state index is 0.0825. The summed E-state index contributed by atoms with van der Waals surface area (Å²) in [6.45, 7) is 3.99. The van der Waals surface area contributed by atoms with Crippen LogP contribution in [0, 0.1) is 0 Å². The van der Waals surface area contributed by atoms with Crippen LogP contribution < -0.4 is 10.5 Å². The molecule has 84 valence electrons. The fourth-order valence-electron chi connectivity index (χ4n) is 1.22. The molecule has 0 radical (unpaired) electrons. The summed E-state index contributed by atoms with van der Waals surface area (Å²) in [6.07, 6.45) is 0. The van der Waals surface area contributed by atoms with Gasteiger partial charge in [0.05, 0.1) is 4.90 Å². The van der Waals surface area contributed by atoms with E-state index >= 15 is 0 Å². The van der Waals surface area contributed by atoms with Crippen molar-refractivity contribution in [2.24, 2.45) is 5.73 Å². The van der Waals surface area contributed by atoms with Crippen molar-refractivity contribution in [1.29, 1.82) is 0 Å². The van der Waals surface area contributed by atoms with Crippen molar-refractivity contribution in [1.82, 2.24) is 4.72 Å². The third kappa shape index (κ3) is 3.02. The highest BCUT2D eigenvalue weighted by Gasteiger charge is 2.12. The molecule has 4 nitrogen and oxygen atoms in total. The summed E-state index contributed by atoms with van der Waals surface area (Å²) < 4.78 is 25.6. The number of sulfonamides is 1. The van der Waals surface area contributed by atoms with Gasteiger partial charge in [-0.1, -0.05) is 19.1 Å². The van der Waals surface area contributed by atoms with Crippen LogP contribution in [0.25, 0.3) is 0 Å². The lowest BCUT2D eigenvalue weighted by Crippen LogP contribution is -2.23. The first-order chi connectivity index (χ1) is 6.97. The van der Waals surface area contributed by atoms with E-state index in [0.717, 1.165) is 5.56 Å². The van der Waals surface area contributed by atoms with Crippen LogP contribution in [0.3, 0.4) is 0 Å². The molecule has 1 aromatic rings. The first-order valence-corrected chi connectivity index (χ1v) is 6.31. The molecule has 1 aromatic carbocycles. The molecule has 5 heteroatoms. The number of hydrogen-bond acceptors (Lipinski definition) is 3. The molecule has 0 amide bonds. The molecular weight excluding hydrogens is 212 g/mol. The SMILES string of the molecule is CCNS(=O)(=O)c1ccc(C(C)N)cc1. The molecule has 0 aliphatic heterocycles. The summed E-state index contributed by atoms with van der Waals surface area (Å²) in [7, 11) is -3.34. The molecule has 0 aliphatic carbocycles. The highest BCUT2D eigenvalue weighted by molar-refractivity contribution is 7.89. The van der Waals surface area contributed by atoms with Gasteiger partial charge in [-0.2, -0.15) is 0 Å². The minimum Gasteiger partial charge on any atom is -0.324 e. The largest absolute Gasteiger partial charge is 0.324 e. The second-order valence-corrected chi connectivity index (χ2v) is 5.13. The maximum Gasteiger partial charge on any atom is 0.240 e. The number of benzene rings is 1. The van der Waals surface area contributed by atoms with Gasteiger partial charge in [-0.15, -0.1) is 0 Å². The second-order valence-electron chi connectivity index (χ2n) is 3.36. The van der Waals surface area contributed by atoms with Crippen LogP contribution in [0.5, 0.6) is 0 Å². The Morgan fingerprint density at radius 1 is 1.33 bits per heavy atom. The van der Waals surface area contributed by atoms with Gasteiger partial charge >= 0.3 is 0 Å². The van der Waals surface area contributed by atoms with E-state index in [1.807, 2.05) is 6.92 Å². The highest BCUT2D eigenvalue weighted by Crippen LogP contribution is 2.14. The number of nitrogens with one attached hydrogen (secondary N) is 1. The first kappa shape index (κ1) is 12.2. The second kappa shape index (κ2) is 4.74. The quantitative estimate of drug-likeness (QED) is 0.807. The topological polar surface area (TPSA) is 72.2 Å². The molecule has 1 atom stereocenters. The Hall–Kier alpha value is -0.910. The molecule has 0 aliphatic rings. The van der Waals surface area contributed by atoms with Crippen LogP contribution in [0.1, 0.15) is 25.5 Å². The normalized spacial score (nSPS) is 13.8. The van der Waals surface area contributed by atoms with E-state index in [-0.39, 0.29) is 10.9 Å². The van der Waals surface area contributed by atoms with Crippen LogP contribution >= 0.6 is 0 Å². The first-order valence-electron chi connectivity index (χ1n) is 4.82. The van der Waals surface area contributed by atoms with Gasteiger partial charge in [0.25, 0.3) is 0 Å². The van der Waals surface area contributed by atoms with Crippen molar-refractivity contribution >= 4 is 10.0 Å². The van der Waals surface area contributed by atoms with E-state index < -0.39 is 10.0 Å². The van der Waals surface area contributed by atoms with E-state index in [1.165, 1.54) is 0 Å². The fraction of sp³-hybridized carbons (Fsp3) is 0.400. The van der Waals surface area contributed by atoms with Crippen molar-refractivity contribution in [2.75, 3.05) is 6.54 Å². The van der Waals surface area contributed by atoms with Crippen LogP contribution in [0.4, 0.5) is 0 Å². The third-order valence-corrected chi connectivity index (χ3v) is 3.61. The van der Waals surface area contributed by atoms with Crippen molar-refractivity contribution in [3.05, 3.63) is 29.8 Å². The number of rotatable bonds is 4. The van der Waals surface area contributed by atoms with E-state index in [0.29, 0.717) is 6.54 Å². The molecule has 0 bridgehead atoms. The van der Waals surface area contributed by atoms with Gasteiger partial charge in [-0.05, 0) is 24.6 Å². The summed E-state index contributed by atoms with van der Waals surface area (Å²) in [6, 6.07) is 6.51. The minimum atomic E-state index is -3.34. The van der Waals surface area contributed by atoms with Crippen LogP contribution in [0.2, 0.25) is 0 Å². The van der Waals surface area contributed by atoms with E-state index in [4.69, 9.17) is 5.73 Å². The summed E-state index contributed by atoms with van der Waals surface area (Å²) in [5, 5.41) is 0. The average Bonchev–Trinajstić information content (AvgIpc) is 2.18. The predicted octanol–water partition coefficient (Wildman–Crippen LogP) is 1.00. The lowest BCUT2D eigenvalue weighted by molar-refractivity contribution is 0.584. The van der Waals surface area contributed by atoms with Gasteiger partial charge in [-0.25, -0.2) is 13.1 Å². The molecule has 0 saturated carbocycles. The Kier molecular flexibility index (Phi) is 3.84. The molecule has 3 N–H and O–H groups in total. The average molecular weight is 228 g/mol. The van der Waals surface area contributed by atoms with Gasteiger partial charge in [0.1, 0.15) is 0 Å². The van der Waals surface area contributed by atoms with Crippen LogP contribution in [-0.4, -0.2) is 15.0 Å². The monoisotopic (exact) mass is 228 g/mol. The van der Waals surface area contributed by atoms with E-state index in [1.54, 1.807) is 31.2 Å². The molecule has 15 heavy (non-hydrogen) atoms. The maximum atomic E-state index is 11.6. The summed E-state index contributed by atoms with van der Waals surface area (Å²) in [5.41, 5.74) is 6.59. The Morgan fingerprint density at radius 3 is 2.27 bits per heavy atom. The Morgan fingerprint density at radius 2 is 1.87 bits per heavy atom. The number of hydrogen-bond donors (Lipinski definition) is 2. The molecule has 1 rings (SSSR count). The molecule has 1 unspecified atom stereocenters. The molecule has 0 spiro atoms. The standard InChI is InChI=1S/C10H16N2O2S/c1-3-12-15(13,14)10-6-4-9(5-7-10)8(2)11/h4-8,12H,3,11H2,1-2H3. The Bertz CT molecular complexity index is 410. The van der Waals surface area contributed by atoms with Gasteiger partial charge in [0.15, 0.2) is 0 Å². The molecular formula is C10H16N2O2S. The third-order valence-electron chi connectivity index (χ3n) is 2.05. The van der Waals surface area contributed by atoms with Crippen molar-refractivity contribution in [3.63, 3.8) is 0 Å². The van der Waals surface area contributed by atoms with Gasteiger partial charge in [-0.3, -0.25) is 0 Å². The maximum absolute atomic E-state index is 11.6. The lowest BCUT2D eigenvalue weighted by atomic mass is 10.1. The van der Waals surface area contributed by atoms with Gasteiger partial charge in [0.2, 0.25) is 10.0 Å². The zero-order valence-corrected chi connectivity index (χ0v) is 9.71. The fourth-order valence-corrected chi connectivity index (χ4v) is 2.26. The Balaban J connectivity index is 2.99. The Labute approximate surface area is 90.5 Å². The molecule has 0 aromatic heterocycles. The number of nitrogens with two attached hydrogens (primary N) is 1. The van der Waals surface area contributed by atoms with Crippen LogP contribution in [-0.2, 0) is 10.0 Å².